The number of ether oxygens (including phenoxy) is 1. The number of methoxy groups -OCH3 is 1. The van der Waals surface area contributed by atoms with Crippen molar-refractivity contribution in [1.82, 2.24) is 24.1 Å². The molecule has 3 aromatic heterocycles. The van der Waals surface area contributed by atoms with Crippen molar-refractivity contribution in [3.05, 3.63) is 72.3 Å². The third kappa shape index (κ3) is 2.98. The van der Waals surface area contributed by atoms with Gasteiger partial charge in [0, 0.05) is 37.6 Å². The summed E-state index contributed by atoms with van der Waals surface area (Å²) < 4.78 is 9.68. The molecule has 1 aliphatic rings. The zero-order valence-corrected chi connectivity index (χ0v) is 15.2. The van der Waals surface area contributed by atoms with Crippen molar-refractivity contribution < 1.29 is 4.74 Å². The third-order valence-corrected chi connectivity index (χ3v) is 5.06. The Hall–Kier alpha value is -3.12. The topological polar surface area (TPSA) is 47.6 Å². The van der Waals surface area contributed by atoms with E-state index in [4.69, 9.17) is 14.8 Å². The van der Waals surface area contributed by atoms with Gasteiger partial charge in [-0.1, -0.05) is 18.2 Å². The molecule has 6 heteroatoms. The molecule has 4 aromatic rings. The lowest BCUT2D eigenvalue weighted by atomic mass is 10.1. The Kier molecular flexibility index (Phi) is 3.90. The molecule has 0 spiro atoms. The monoisotopic (exact) mass is 359 g/mol. The van der Waals surface area contributed by atoms with Gasteiger partial charge < -0.3 is 9.14 Å². The maximum Gasteiger partial charge on any atom is 0.137 e. The van der Waals surface area contributed by atoms with Crippen LogP contribution < -0.4 is 4.74 Å². The van der Waals surface area contributed by atoms with Crippen LogP contribution >= 0.6 is 0 Å². The predicted molar refractivity (Wildman–Crippen MR) is 104 cm³/mol. The van der Waals surface area contributed by atoms with Crippen LogP contribution in [0.3, 0.4) is 0 Å². The van der Waals surface area contributed by atoms with Crippen LogP contribution in [0, 0.1) is 0 Å². The highest BCUT2D eigenvalue weighted by molar-refractivity contribution is 5.67. The number of rotatable bonds is 4. The summed E-state index contributed by atoms with van der Waals surface area (Å²) in [5.74, 6) is 0.856. The maximum absolute atomic E-state index is 5.49. The van der Waals surface area contributed by atoms with Crippen molar-refractivity contribution in [2.24, 2.45) is 0 Å². The van der Waals surface area contributed by atoms with Gasteiger partial charge in [-0.3, -0.25) is 9.58 Å². The van der Waals surface area contributed by atoms with Crippen molar-refractivity contribution in [1.29, 1.82) is 0 Å². The second-order valence-corrected chi connectivity index (χ2v) is 6.85. The Morgan fingerprint density at radius 1 is 1.07 bits per heavy atom. The Balaban J connectivity index is 1.37. The molecule has 0 bridgehead atoms. The number of fused-ring (bicyclic) bond motifs is 2. The number of hydrogen-bond acceptors (Lipinski definition) is 4. The summed E-state index contributed by atoms with van der Waals surface area (Å²) in [5.41, 5.74) is 5.32. The Bertz CT molecular complexity index is 1060. The third-order valence-electron chi connectivity index (χ3n) is 5.06. The number of pyridine rings is 1. The summed E-state index contributed by atoms with van der Waals surface area (Å²) in [6, 6.07) is 16.3. The van der Waals surface area contributed by atoms with E-state index in [0.717, 1.165) is 54.5 Å². The average molecular weight is 359 g/mol. The van der Waals surface area contributed by atoms with Gasteiger partial charge in [0.15, 0.2) is 0 Å². The fourth-order valence-electron chi connectivity index (χ4n) is 3.74. The Labute approximate surface area is 157 Å². The van der Waals surface area contributed by atoms with Crippen LogP contribution in [0.5, 0.6) is 5.75 Å². The zero-order valence-electron chi connectivity index (χ0n) is 15.2. The Morgan fingerprint density at radius 2 is 1.96 bits per heavy atom. The SMILES string of the molecule is COc1ccccc1-c1cc2n(n1)CCN(Cc1cn3ccccc3n1)C2. The quantitative estimate of drug-likeness (QED) is 0.561. The highest BCUT2D eigenvalue weighted by Crippen LogP contribution is 2.30. The fourth-order valence-corrected chi connectivity index (χ4v) is 3.74. The molecule has 0 amide bonds. The minimum atomic E-state index is 0.844. The first-order valence-corrected chi connectivity index (χ1v) is 9.15. The lowest BCUT2D eigenvalue weighted by molar-refractivity contribution is 0.203. The molecule has 136 valence electrons. The Morgan fingerprint density at radius 3 is 2.85 bits per heavy atom. The number of aromatic nitrogens is 4. The number of benzene rings is 1. The minimum Gasteiger partial charge on any atom is -0.496 e. The summed E-state index contributed by atoms with van der Waals surface area (Å²) in [4.78, 5) is 7.14. The van der Waals surface area contributed by atoms with Gasteiger partial charge in [0.2, 0.25) is 0 Å². The molecule has 0 aliphatic carbocycles. The number of hydrogen-bond donors (Lipinski definition) is 0. The van der Waals surface area contributed by atoms with Crippen molar-refractivity contribution in [2.45, 2.75) is 19.6 Å². The molecule has 0 saturated carbocycles. The van der Waals surface area contributed by atoms with Gasteiger partial charge in [-0.25, -0.2) is 4.98 Å². The van der Waals surface area contributed by atoms with Gasteiger partial charge >= 0.3 is 0 Å². The molecule has 5 rings (SSSR count). The molecule has 0 fully saturated rings. The smallest absolute Gasteiger partial charge is 0.137 e. The molecule has 0 radical (unpaired) electrons. The van der Waals surface area contributed by atoms with Crippen LogP contribution in [-0.4, -0.2) is 37.7 Å². The minimum absolute atomic E-state index is 0.844. The molecule has 6 nitrogen and oxygen atoms in total. The number of imidazole rings is 1. The van der Waals surface area contributed by atoms with Crippen LogP contribution in [-0.2, 0) is 19.6 Å². The first-order valence-electron chi connectivity index (χ1n) is 9.15. The zero-order chi connectivity index (χ0) is 18.2. The molecule has 4 heterocycles. The maximum atomic E-state index is 5.49. The standard InChI is InChI=1S/C21H21N5O/c1-27-20-7-3-2-6-18(20)19-12-17-15-24(10-11-26(17)23-19)13-16-14-25-9-5-4-8-21(25)22-16/h2-9,12,14H,10-11,13,15H2,1H3. The molecule has 1 aromatic carbocycles. The highest BCUT2D eigenvalue weighted by Gasteiger charge is 2.20. The van der Waals surface area contributed by atoms with Gasteiger partial charge in [0.25, 0.3) is 0 Å². The van der Waals surface area contributed by atoms with Crippen LogP contribution in [0.1, 0.15) is 11.4 Å². The van der Waals surface area contributed by atoms with E-state index in [0.29, 0.717) is 0 Å². The average Bonchev–Trinajstić information content (AvgIpc) is 3.30. The molecule has 0 N–H and O–H groups in total. The van der Waals surface area contributed by atoms with E-state index in [1.807, 2.05) is 42.6 Å². The lowest BCUT2D eigenvalue weighted by Crippen LogP contribution is -2.33. The summed E-state index contributed by atoms with van der Waals surface area (Å²) in [6.07, 6.45) is 4.15. The van der Waals surface area contributed by atoms with Gasteiger partial charge in [0.05, 0.1) is 30.7 Å². The lowest BCUT2D eigenvalue weighted by Gasteiger charge is -2.26. The summed E-state index contributed by atoms with van der Waals surface area (Å²) >= 11 is 0. The molecular formula is C21H21N5O. The molecule has 0 atom stereocenters. The van der Waals surface area contributed by atoms with E-state index >= 15 is 0 Å². The first-order chi connectivity index (χ1) is 13.3. The highest BCUT2D eigenvalue weighted by atomic mass is 16.5. The fraction of sp³-hybridized carbons (Fsp3) is 0.238. The molecule has 0 saturated heterocycles. The largest absolute Gasteiger partial charge is 0.496 e. The van der Waals surface area contributed by atoms with Gasteiger partial charge in [-0.2, -0.15) is 5.10 Å². The van der Waals surface area contributed by atoms with Crippen LogP contribution in [0.2, 0.25) is 0 Å². The number of para-hydroxylation sites is 1. The normalized spacial score (nSPS) is 14.4. The van der Waals surface area contributed by atoms with E-state index in [1.165, 1.54) is 5.69 Å². The van der Waals surface area contributed by atoms with Crippen LogP contribution in [0.25, 0.3) is 16.9 Å². The van der Waals surface area contributed by atoms with E-state index in [-0.39, 0.29) is 0 Å². The van der Waals surface area contributed by atoms with Gasteiger partial charge in [-0.05, 0) is 30.3 Å². The van der Waals surface area contributed by atoms with E-state index in [2.05, 4.69) is 32.3 Å². The van der Waals surface area contributed by atoms with Crippen molar-refractivity contribution in [3.63, 3.8) is 0 Å². The summed E-state index contributed by atoms with van der Waals surface area (Å²) in [6.45, 7) is 3.57. The number of nitrogens with zero attached hydrogens (tertiary/aromatic N) is 5. The van der Waals surface area contributed by atoms with Crippen molar-refractivity contribution >= 4 is 5.65 Å². The predicted octanol–water partition coefficient (Wildman–Crippen LogP) is 3.22. The van der Waals surface area contributed by atoms with E-state index < -0.39 is 0 Å². The van der Waals surface area contributed by atoms with Crippen LogP contribution in [0.15, 0.2) is 60.9 Å². The van der Waals surface area contributed by atoms with Crippen molar-refractivity contribution in [2.75, 3.05) is 13.7 Å². The molecule has 27 heavy (non-hydrogen) atoms. The van der Waals surface area contributed by atoms with Crippen LogP contribution in [0.4, 0.5) is 0 Å². The second-order valence-electron chi connectivity index (χ2n) is 6.85. The summed E-state index contributed by atoms with van der Waals surface area (Å²) in [7, 11) is 1.70. The van der Waals surface area contributed by atoms with E-state index in [9.17, 15) is 0 Å². The van der Waals surface area contributed by atoms with Gasteiger partial charge in [-0.15, -0.1) is 0 Å². The second kappa shape index (κ2) is 6.55. The van der Waals surface area contributed by atoms with E-state index in [1.54, 1.807) is 7.11 Å². The molecule has 0 unspecified atom stereocenters. The molecule has 1 aliphatic heterocycles. The van der Waals surface area contributed by atoms with Gasteiger partial charge in [0.1, 0.15) is 11.4 Å². The summed E-state index contributed by atoms with van der Waals surface area (Å²) in [5, 5.41) is 4.80. The first kappa shape index (κ1) is 16.1. The molecular weight excluding hydrogens is 338 g/mol. The van der Waals surface area contributed by atoms with Crippen molar-refractivity contribution in [3.8, 4) is 17.0 Å².